The van der Waals surface area contributed by atoms with Crippen LogP contribution < -0.4 is 29.0 Å². The summed E-state index contributed by atoms with van der Waals surface area (Å²) in [5.74, 6) is 2.32. The van der Waals surface area contributed by atoms with Crippen LogP contribution in [0.4, 0.5) is 5.69 Å². The second-order valence-corrected chi connectivity index (χ2v) is 6.08. The van der Waals surface area contributed by atoms with Gasteiger partial charge < -0.3 is 34.0 Å². The highest BCUT2D eigenvalue weighted by Crippen LogP contribution is 2.44. The zero-order valence-electron chi connectivity index (χ0n) is 15.8. The number of nitrogens with one attached hydrogen (secondary N) is 2. The van der Waals surface area contributed by atoms with Crippen molar-refractivity contribution in [2.75, 3.05) is 39.9 Å². The van der Waals surface area contributed by atoms with Crippen LogP contribution in [0.5, 0.6) is 28.7 Å². The standard InChI is InChI=1S/C20H20N2O6/c1-24-16-9-13-17(19(26-3)18(16)25-2)12(10-21-13)20(23)22-11-4-5-14-15(8-11)28-7-6-27-14/h4-5,8-10,21H,6-7H2,1-3H3,(H,22,23). The van der Waals surface area contributed by atoms with E-state index in [9.17, 15) is 4.79 Å². The van der Waals surface area contributed by atoms with Gasteiger partial charge in [-0.15, -0.1) is 0 Å². The van der Waals surface area contributed by atoms with E-state index in [1.807, 2.05) is 0 Å². The van der Waals surface area contributed by atoms with Gasteiger partial charge in [-0.2, -0.15) is 0 Å². The summed E-state index contributed by atoms with van der Waals surface area (Å²) in [5.41, 5.74) is 1.72. The van der Waals surface area contributed by atoms with E-state index in [4.69, 9.17) is 23.7 Å². The maximum Gasteiger partial charge on any atom is 0.257 e. The van der Waals surface area contributed by atoms with Crippen LogP contribution in [-0.2, 0) is 0 Å². The maximum absolute atomic E-state index is 12.9. The van der Waals surface area contributed by atoms with Crippen molar-refractivity contribution in [3.8, 4) is 28.7 Å². The van der Waals surface area contributed by atoms with Crippen molar-refractivity contribution in [3.63, 3.8) is 0 Å². The number of anilines is 1. The first-order valence-corrected chi connectivity index (χ1v) is 8.67. The quantitative estimate of drug-likeness (QED) is 0.702. The molecule has 1 aromatic heterocycles. The van der Waals surface area contributed by atoms with Crippen molar-refractivity contribution < 1.29 is 28.5 Å². The normalized spacial score (nSPS) is 12.5. The molecule has 2 heterocycles. The smallest absolute Gasteiger partial charge is 0.257 e. The lowest BCUT2D eigenvalue weighted by molar-refractivity contribution is 0.102. The molecule has 0 aliphatic carbocycles. The van der Waals surface area contributed by atoms with Gasteiger partial charge in [-0.1, -0.05) is 0 Å². The van der Waals surface area contributed by atoms with E-state index in [2.05, 4.69) is 10.3 Å². The number of benzene rings is 2. The van der Waals surface area contributed by atoms with E-state index >= 15 is 0 Å². The minimum absolute atomic E-state index is 0.298. The van der Waals surface area contributed by atoms with Crippen LogP contribution in [0, 0.1) is 0 Å². The Hall–Kier alpha value is -3.55. The van der Waals surface area contributed by atoms with E-state index in [-0.39, 0.29) is 5.91 Å². The van der Waals surface area contributed by atoms with E-state index in [1.54, 1.807) is 37.6 Å². The number of ether oxygens (including phenoxy) is 5. The third-order valence-electron chi connectivity index (χ3n) is 4.52. The van der Waals surface area contributed by atoms with Gasteiger partial charge in [-0.25, -0.2) is 0 Å². The predicted molar refractivity (Wildman–Crippen MR) is 103 cm³/mol. The molecule has 1 aliphatic rings. The Morgan fingerprint density at radius 3 is 2.46 bits per heavy atom. The summed E-state index contributed by atoms with van der Waals surface area (Å²) < 4.78 is 27.4. The maximum atomic E-state index is 12.9. The second-order valence-electron chi connectivity index (χ2n) is 6.08. The van der Waals surface area contributed by atoms with Gasteiger partial charge in [0.1, 0.15) is 13.2 Å². The van der Waals surface area contributed by atoms with Crippen LogP contribution in [0.15, 0.2) is 30.5 Å². The van der Waals surface area contributed by atoms with Crippen LogP contribution in [0.2, 0.25) is 0 Å². The molecule has 0 saturated heterocycles. The average Bonchev–Trinajstić information content (AvgIpc) is 3.15. The second kappa shape index (κ2) is 7.22. The molecule has 3 aromatic rings. The van der Waals surface area contributed by atoms with Crippen molar-refractivity contribution in [3.05, 3.63) is 36.0 Å². The van der Waals surface area contributed by atoms with E-state index < -0.39 is 0 Å². The molecule has 0 radical (unpaired) electrons. The van der Waals surface area contributed by atoms with Crippen molar-refractivity contribution in [1.82, 2.24) is 4.98 Å². The number of carbonyl (C=O) groups is 1. The number of aromatic nitrogens is 1. The van der Waals surface area contributed by atoms with Crippen molar-refractivity contribution in [2.24, 2.45) is 0 Å². The molecular formula is C20H20N2O6. The van der Waals surface area contributed by atoms with Crippen molar-refractivity contribution in [2.45, 2.75) is 0 Å². The molecular weight excluding hydrogens is 364 g/mol. The number of aromatic amines is 1. The summed E-state index contributed by atoms with van der Waals surface area (Å²) >= 11 is 0. The fourth-order valence-corrected chi connectivity index (χ4v) is 3.26. The number of H-pyrrole nitrogens is 1. The van der Waals surface area contributed by atoms with Gasteiger partial charge in [-0.05, 0) is 12.1 Å². The summed E-state index contributed by atoms with van der Waals surface area (Å²) in [4.78, 5) is 16.0. The Morgan fingerprint density at radius 2 is 1.75 bits per heavy atom. The monoisotopic (exact) mass is 384 g/mol. The highest BCUT2D eigenvalue weighted by Gasteiger charge is 2.23. The molecule has 0 unspecified atom stereocenters. The molecule has 0 bridgehead atoms. The van der Waals surface area contributed by atoms with Gasteiger partial charge in [0.2, 0.25) is 5.75 Å². The molecule has 1 aliphatic heterocycles. The van der Waals surface area contributed by atoms with Crippen LogP contribution in [-0.4, -0.2) is 45.4 Å². The van der Waals surface area contributed by atoms with Crippen LogP contribution in [0.1, 0.15) is 10.4 Å². The lowest BCUT2D eigenvalue weighted by Crippen LogP contribution is -2.16. The molecule has 0 atom stereocenters. The molecule has 0 saturated carbocycles. The summed E-state index contributed by atoms with van der Waals surface area (Å²) in [7, 11) is 4.58. The Kier molecular flexibility index (Phi) is 4.60. The zero-order chi connectivity index (χ0) is 19.7. The number of rotatable bonds is 5. The van der Waals surface area contributed by atoms with E-state index in [1.165, 1.54) is 14.2 Å². The van der Waals surface area contributed by atoms with Gasteiger partial charge in [0.25, 0.3) is 5.91 Å². The highest BCUT2D eigenvalue weighted by molar-refractivity contribution is 6.15. The Balaban J connectivity index is 1.71. The lowest BCUT2D eigenvalue weighted by Gasteiger charge is -2.19. The first-order valence-electron chi connectivity index (χ1n) is 8.67. The SMILES string of the molecule is COc1cc2[nH]cc(C(=O)Nc3ccc4c(c3)OCCO4)c2c(OC)c1OC. The summed E-state index contributed by atoms with van der Waals surface area (Å²) in [6, 6.07) is 7.04. The first-order chi connectivity index (χ1) is 13.7. The average molecular weight is 384 g/mol. The fraction of sp³-hybridized carbons (Fsp3) is 0.250. The molecule has 0 fully saturated rings. The highest BCUT2D eigenvalue weighted by atomic mass is 16.6. The molecule has 2 aromatic carbocycles. The largest absolute Gasteiger partial charge is 0.493 e. The minimum atomic E-state index is -0.298. The number of carbonyl (C=O) groups excluding carboxylic acids is 1. The third-order valence-corrected chi connectivity index (χ3v) is 4.52. The number of amides is 1. The fourth-order valence-electron chi connectivity index (χ4n) is 3.26. The minimum Gasteiger partial charge on any atom is -0.493 e. The van der Waals surface area contributed by atoms with Crippen LogP contribution in [0.25, 0.3) is 10.9 Å². The van der Waals surface area contributed by atoms with E-state index in [0.717, 1.165) is 0 Å². The topological polar surface area (TPSA) is 91.0 Å². The molecule has 1 amide bonds. The van der Waals surface area contributed by atoms with Crippen LogP contribution in [0.3, 0.4) is 0 Å². The Labute approximate surface area is 161 Å². The van der Waals surface area contributed by atoms with Gasteiger partial charge in [-0.3, -0.25) is 4.79 Å². The molecule has 28 heavy (non-hydrogen) atoms. The number of fused-ring (bicyclic) bond motifs is 2. The van der Waals surface area contributed by atoms with Gasteiger partial charge >= 0.3 is 0 Å². The van der Waals surface area contributed by atoms with Crippen molar-refractivity contribution in [1.29, 1.82) is 0 Å². The van der Waals surface area contributed by atoms with Crippen LogP contribution >= 0.6 is 0 Å². The molecule has 2 N–H and O–H groups in total. The third kappa shape index (κ3) is 2.92. The number of hydrogen-bond acceptors (Lipinski definition) is 6. The van der Waals surface area contributed by atoms with Gasteiger partial charge in [0.15, 0.2) is 23.0 Å². The molecule has 0 spiro atoms. The summed E-state index contributed by atoms with van der Waals surface area (Å²) in [5, 5.41) is 3.49. The van der Waals surface area contributed by atoms with Crippen molar-refractivity contribution >= 4 is 22.5 Å². The predicted octanol–water partition coefficient (Wildman–Crippen LogP) is 3.22. The Morgan fingerprint density at radius 1 is 1.00 bits per heavy atom. The van der Waals surface area contributed by atoms with E-state index in [0.29, 0.717) is 64.1 Å². The summed E-state index contributed by atoms with van der Waals surface area (Å²) in [6.45, 7) is 0.991. The summed E-state index contributed by atoms with van der Waals surface area (Å²) in [6.07, 6.45) is 1.62. The molecule has 8 heteroatoms. The molecule has 4 rings (SSSR count). The van der Waals surface area contributed by atoms with Gasteiger partial charge in [0.05, 0.1) is 37.8 Å². The first kappa shape index (κ1) is 17.8. The zero-order valence-corrected chi connectivity index (χ0v) is 15.8. The molecule has 8 nitrogen and oxygen atoms in total. The lowest BCUT2D eigenvalue weighted by atomic mass is 10.1. The Bertz CT molecular complexity index is 1040. The van der Waals surface area contributed by atoms with Gasteiger partial charge in [0, 0.05) is 24.0 Å². The number of hydrogen-bond donors (Lipinski definition) is 2. The molecule has 146 valence electrons. The number of methoxy groups -OCH3 is 3.